The number of nitrogens with one attached hydrogen (secondary N) is 1. The van der Waals surface area contributed by atoms with Gasteiger partial charge < -0.3 is 29.7 Å². The molecule has 0 amide bonds. The predicted molar refractivity (Wildman–Crippen MR) is 127 cm³/mol. The van der Waals surface area contributed by atoms with Crippen LogP contribution in [0.2, 0.25) is 0 Å². The molecule has 2 aromatic rings. The number of rotatable bonds is 5. The number of anilines is 1. The zero-order chi connectivity index (χ0) is 19.9. The number of para-hydroxylation sites is 2. The maximum Gasteiger partial charge on any atom is 0.194 e. The van der Waals surface area contributed by atoms with Crippen molar-refractivity contribution < 1.29 is 14.6 Å². The monoisotopic (exact) mass is 512 g/mol. The van der Waals surface area contributed by atoms with Gasteiger partial charge in [-0.15, -0.1) is 24.0 Å². The number of phenols is 1. The molecule has 0 atom stereocenters. The van der Waals surface area contributed by atoms with Crippen molar-refractivity contribution in [3.63, 3.8) is 0 Å². The molecule has 1 saturated heterocycles. The highest BCUT2D eigenvalue weighted by molar-refractivity contribution is 14.0. The van der Waals surface area contributed by atoms with Gasteiger partial charge in [-0.1, -0.05) is 12.1 Å². The Kier molecular flexibility index (Phi) is 8.69. The van der Waals surface area contributed by atoms with E-state index in [0.717, 1.165) is 54.9 Å². The lowest BCUT2D eigenvalue weighted by molar-refractivity contribution is 0.366. The van der Waals surface area contributed by atoms with Crippen molar-refractivity contribution in [2.75, 3.05) is 52.3 Å². The third-order valence-corrected chi connectivity index (χ3v) is 4.94. The van der Waals surface area contributed by atoms with Gasteiger partial charge in [-0.3, -0.25) is 4.99 Å². The summed E-state index contributed by atoms with van der Waals surface area (Å²) in [6.45, 7) is 3.93. The summed E-state index contributed by atoms with van der Waals surface area (Å²) in [5.74, 6) is 2.67. The zero-order valence-corrected chi connectivity index (χ0v) is 19.4. The molecule has 0 bridgehead atoms. The van der Waals surface area contributed by atoms with Gasteiger partial charge in [-0.25, -0.2) is 0 Å². The topological polar surface area (TPSA) is 69.6 Å². The number of guanidine groups is 1. The Labute approximate surface area is 189 Å². The van der Waals surface area contributed by atoms with Gasteiger partial charge in [0.05, 0.1) is 19.9 Å². The number of piperazine rings is 1. The Morgan fingerprint density at radius 1 is 1.07 bits per heavy atom. The maximum atomic E-state index is 10.1. The summed E-state index contributed by atoms with van der Waals surface area (Å²) >= 11 is 0. The second-order valence-corrected chi connectivity index (χ2v) is 6.54. The number of phenolic OH excluding ortho intramolecular Hbond substituents is 1. The van der Waals surface area contributed by atoms with Crippen LogP contribution < -0.4 is 19.7 Å². The van der Waals surface area contributed by atoms with Crippen molar-refractivity contribution in [2.24, 2.45) is 4.99 Å². The van der Waals surface area contributed by atoms with Crippen molar-refractivity contribution in [3.05, 3.63) is 48.0 Å². The molecule has 8 heteroatoms. The number of methoxy groups -OCH3 is 2. The highest BCUT2D eigenvalue weighted by atomic mass is 127. The standard InChI is InChI=1S/C21H28N4O3.HI/c1-22-21(23-15-16-14-17(27-2)8-9-19(16)26)25-12-10-24(11-13-25)18-6-4-5-7-20(18)28-3;/h4-9,14,26H,10-13,15H2,1-3H3,(H,22,23);1H. The van der Waals surface area contributed by atoms with Gasteiger partial charge in [0.25, 0.3) is 0 Å². The smallest absolute Gasteiger partial charge is 0.194 e. The first-order valence-electron chi connectivity index (χ1n) is 9.35. The fraction of sp³-hybridized carbons (Fsp3) is 0.381. The Balaban J connectivity index is 0.00000300. The second kappa shape index (κ2) is 11.0. The first-order chi connectivity index (χ1) is 13.7. The minimum absolute atomic E-state index is 0. The molecule has 7 nitrogen and oxygen atoms in total. The average molecular weight is 512 g/mol. The van der Waals surface area contributed by atoms with Crippen LogP contribution in [0.15, 0.2) is 47.5 Å². The number of aliphatic imine (C=N–C) groups is 1. The van der Waals surface area contributed by atoms with Gasteiger partial charge in [0.15, 0.2) is 5.96 Å². The molecule has 3 rings (SSSR count). The Bertz CT molecular complexity index is 823. The minimum Gasteiger partial charge on any atom is -0.508 e. The van der Waals surface area contributed by atoms with Crippen LogP contribution in [-0.2, 0) is 6.54 Å². The van der Waals surface area contributed by atoms with E-state index in [1.165, 1.54) is 0 Å². The van der Waals surface area contributed by atoms with Crippen LogP contribution in [0, 0.1) is 0 Å². The van der Waals surface area contributed by atoms with Crippen LogP contribution in [0.1, 0.15) is 5.56 Å². The van der Waals surface area contributed by atoms with Crippen LogP contribution in [-0.4, -0.2) is 63.4 Å². The normalized spacial score (nSPS) is 14.2. The van der Waals surface area contributed by atoms with E-state index in [1.807, 2.05) is 24.3 Å². The quantitative estimate of drug-likeness (QED) is 0.365. The molecular formula is C21H29IN4O3. The lowest BCUT2D eigenvalue weighted by Gasteiger charge is -2.38. The van der Waals surface area contributed by atoms with Crippen molar-refractivity contribution in [2.45, 2.75) is 6.54 Å². The molecular weight excluding hydrogens is 483 g/mol. The summed E-state index contributed by atoms with van der Waals surface area (Å²) in [6.07, 6.45) is 0. The Hall–Kier alpha value is -2.36. The third-order valence-electron chi connectivity index (χ3n) is 4.94. The number of benzene rings is 2. The van der Waals surface area contributed by atoms with Crippen LogP contribution in [0.4, 0.5) is 5.69 Å². The van der Waals surface area contributed by atoms with Crippen LogP contribution in [0.25, 0.3) is 0 Å². The highest BCUT2D eigenvalue weighted by Gasteiger charge is 2.21. The SMILES string of the molecule is CN=C(NCc1cc(OC)ccc1O)N1CCN(c2ccccc2OC)CC1.I. The van der Waals surface area contributed by atoms with Gasteiger partial charge in [-0.05, 0) is 30.3 Å². The van der Waals surface area contributed by atoms with Crippen LogP contribution in [0.5, 0.6) is 17.2 Å². The molecule has 1 fully saturated rings. The molecule has 0 aromatic heterocycles. The molecule has 0 saturated carbocycles. The van der Waals surface area contributed by atoms with Gasteiger partial charge in [0.2, 0.25) is 0 Å². The van der Waals surface area contributed by atoms with E-state index < -0.39 is 0 Å². The summed E-state index contributed by atoms with van der Waals surface area (Å²) in [5, 5.41) is 13.4. The van der Waals surface area contributed by atoms with E-state index in [1.54, 1.807) is 33.4 Å². The minimum atomic E-state index is 0. The van der Waals surface area contributed by atoms with Crippen LogP contribution >= 0.6 is 24.0 Å². The number of halogens is 1. The zero-order valence-electron chi connectivity index (χ0n) is 17.1. The first kappa shape index (κ1) is 22.9. The summed E-state index contributed by atoms with van der Waals surface area (Å²) < 4.78 is 10.7. The molecule has 0 aliphatic carbocycles. The van der Waals surface area contributed by atoms with E-state index in [0.29, 0.717) is 6.54 Å². The summed E-state index contributed by atoms with van der Waals surface area (Å²) in [4.78, 5) is 8.96. The molecule has 2 aromatic carbocycles. The molecule has 2 N–H and O–H groups in total. The van der Waals surface area contributed by atoms with Gasteiger partial charge in [0, 0.05) is 45.3 Å². The predicted octanol–water partition coefficient (Wildman–Crippen LogP) is 2.93. The largest absolute Gasteiger partial charge is 0.508 e. The number of aromatic hydroxyl groups is 1. The second-order valence-electron chi connectivity index (χ2n) is 6.54. The van der Waals surface area contributed by atoms with Crippen molar-refractivity contribution >= 4 is 35.6 Å². The highest BCUT2D eigenvalue weighted by Crippen LogP contribution is 2.28. The van der Waals surface area contributed by atoms with E-state index in [2.05, 4.69) is 26.2 Å². The van der Waals surface area contributed by atoms with Crippen LogP contribution in [0.3, 0.4) is 0 Å². The number of ether oxygens (including phenoxy) is 2. The molecule has 0 unspecified atom stereocenters. The summed E-state index contributed by atoms with van der Waals surface area (Å²) in [7, 11) is 5.10. The number of hydrogen-bond donors (Lipinski definition) is 2. The third kappa shape index (κ3) is 5.59. The molecule has 1 heterocycles. The molecule has 0 radical (unpaired) electrons. The number of hydrogen-bond acceptors (Lipinski definition) is 5. The van der Waals surface area contributed by atoms with Crippen molar-refractivity contribution in [3.8, 4) is 17.2 Å². The Morgan fingerprint density at radius 2 is 1.79 bits per heavy atom. The average Bonchev–Trinajstić information content (AvgIpc) is 2.75. The van der Waals surface area contributed by atoms with E-state index in [4.69, 9.17) is 9.47 Å². The van der Waals surface area contributed by atoms with E-state index in [9.17, 15) is 5.11 Å². The molecule has 0 spiro atoms. The maximum absolute atomic E-state index is 10.1. The van der Waals surface area contributed by atoms with E-state index >= 15 is 0 Å². The lowest BCUT2D eigenvalue weighted by atomic mass is 10.2. The van der Waals surface area contributed by atoms with Gasteiger partial charge >= 0.3 is 0 Å². The summed E-state index contributed by atoms with van der Waals surface area (Å²) in [6, 6.07) is 13.3. The van der Waals surface area contributed by atoms with Gasteiger partial charge in [-0.2, -0.15) is 0 Å². The fourth-order valence-electron chi connectivity index (χ4n) is 3.39. The van der Waals surface area contributed by atoms with Crippen molar-refractivity contribution in [1.82, 2.24) is 10.2 Å². The van der Waals surface area contributed by atoms with E-state index in [-0.39, 0.29) is 29.7 Å². The Morgan fingerprint density at radius 3 is 2.45 bits per heavy atom. The summed E-state index contributed by atoms with van der Waals surface area (Å²) in [5.41, 5.74) is 1.89. The molecule has 158 valence electrons. The molecule has 1 aliphatic heterocycles. The number of nitrogens with zero attached hydrogens (tertiary/aromatic N) is 3. The van der Waals surface area contributed by atoms with Crippen molar-refractivity contribution in [1.29, 1.82) is 0 Å². The van der Waals surface area contributed by atoms with Gasteiger partial charge in [0.1, 0.15) is 17.2 Å². The molecule has 29 heavy (non-hydrogen) atoms. The first-order valence-corrected chi connectivity index (χ1v) is 9.35. The lowest BCUT2D eigenvalue weighted by Crippen LogP contribution is -2.52. The fourth-order valence-corrected chi connectivity index (χ4v) is 3.39. The molecule has 1 aliphatic rings.